The second-order valence-corrected chi connectivity index (χ2v) is 7.62. The summed E-state index contributed by atoms with van der Waals surface area (Å²) in [5.74, 6) is -0.571. The molecule has 0 spiro atoms. The van der Waals surface area contributed by atoms with E-state index in [-0.39, 0.29) is 11.3 Å². The lowest BCUT2D eigenvalue weighted by molar-refractivity contribution is -0.140. The van der Waals surface area contributed by atoms with E-state index in [1.165, 1.54) is 19.1 Å². The first kappa shape index (κ1) is 22.1. The fourth-order valence-corrected chi connectivity index (χ4v) is 4.09. The lowest BCUT2D eigenvalue weighted by atomic mass is 9.94. The number of hydrogen-bond donors (Lipinski definition) is 1. The van der Waals surface area contributed by atoms with Crippen molar-refractivity contribution in [2.45, 2.75) is 19.0 Å². The molecule has 1 aliphatic rings. The number of aromatic nitrogens is 2. The highest BCUT2D eigenvalue weighted by Gasteiger charge is 2.46. The molecule has 1 aromatic heterocycles. The minimum atomic E-state index is -0.782. The molecule has 0 unspecified atom stereocenters. The average molecular weight is 447 g/mol. The van der Waals surface area contributed by atoms with Gasteiger partial charge < -0.3 is 24.0 Å². The number of nitrogens with zero attached hydrogens (tertiary/aromatic N) is 3. The first-order valence-corrected chi connectivity index (χ1v) is 10.6. The molecule has 0 bridgehead atoms. The average Bonchev–Trinajstić information content (AvgIpc) is 3.46. The number of ketones is 1. The molecule has 2 aromatic carbocycles. The van der Waals surface area contributed by atoms with Crippen molar-refractivity contribution in [2.24, 2.45) is 0 Å². The zero-order chi connectivity index (χ0) is 23.4. The molecule has 1 atom stereocenters. The van der Waals surface area contributed by atoms with Crippen molar-refractivity contribution in [1.29, 1.82) is 0 Å². The number of imidazole rings is 1. The molecule has 1 amide bonds. The fraction of sp³-hybridized carbons (Fsp3) is 0.240. The summed E-state index contributed by atoms with van der Waals surface area (Å²) in [7, 11) is 3.05. The Balaban J connectivity index is 1.78. The predicted molar refractivity (Wildman–Crippen MR) is 122 cm³/mol. The van der Waals surface area contributed by atoms with Crippen LogP contribution in [0.25, 0.3) is 5.76 Å². The van der Waals surface area contributed by atoms with E-state index in [0.717, 1.165) is 0 Å². The fourth-order valence-electron chi connectivity index (χ4n) is 4.09. The number of carbonyl (C=O) groups excluding carboxylic acids is 2. The van der Waals surface area contributed by atoms with Crippen LogP contribution < -0.4 is 9.47 Å². The molecule has 0 saturated carbocycles. The number of likely N-dealkylation sites (tertiary alicyclic amines) is 1. The molecule has 170 valence electrons. The third-order valence-electron chi connectivity index (χ3n) is 5.69. The van der Waals surface area contributed by atoms with Gasteiger partial charge >= 0.3 is 0 Å². The molecule has 1 saturated heterocycles. The molecule has 4 rings (SSSR count). The zero-order valence-corrected chi connectivity index (χ0v) is 18.5. The monoisotopic (exact) mass is 447 g/mol. The third-order valence-corrected chi connectivity index (χ3v) is 5.69. The Hall–Kier alpha value is -4.07. The van der Waals surface area contributed by atoms with E-state index in [2.05, 4.69) is 4.98 Å². The summed E-state index contributed by atoms with van der Waals surface area (Å²) in [6.45, 7) is 0.956. The van der Waals surface area contributed by atoms with Crippen molar-refractivity contribution in [1.82, 2.24) is 14.5 Å². The number of aryl methyl sites for hydroxylation is 1. The van der Waals surface area contributed by atoms with Crippen molar-refractivity contribution in [2.75, 3.05) is 20.8 Å². The minimum Gasteiger partial charge on any atom is -0.507 e. The highest BCUT2D eigenvalue weighted by atomic mass is 16.5. The summed E-state index contributed by atoms with van der Waals surface area (Å²) in [4.78, 5) is 31.8. The Labute approximate surface area is 191 Å². The van der Waals surface area contributed by atoms with E-state index in [0.29, 0.717) is 42.1 Å². The Morgan fingerprint density at radius 1 is 1.06 bits per heavy atom. The summed E-state index contributed by atoms with van der Waals surface area (Å²) in [6.07, 6.45) is 5.84. The standard InChI is InChI=1S/C25H25N3O5/c1-32-18-8-5-7-17(15-18)23(29)21-22(19-9-3-4-10-20(19)33-2)28(25(31)24(21)30)13-6-12-27-14-11-26-16-27/h3-5,7-11,14-16,22,29H,6,12-13H2,1-2H3/b23-21+/t22-/m1/s1. The van der Waals surface area contributed by atoms with Gasteiger partial charge in [-0.1, -0.05) is 30.3 Å². The second-order valence-electron chi connectivity index (χ2n) is 7.62. The van der Waals surface area contributed by atoms with Gasteiger partial charge in [0, 0.05) is 36.6 Å². The zero-order valence-electron chi connectivity index (χ0n) is 18.5. The van der Waals surface area contributed by atoms with Gasteiger partial charge in [-0.05, 0) is 24.6 Å². The largest absolute Gasteiger partial charge is 0.507 e. The molecular formula is C25H25N3O5. The number of carbonyl (C=O) groups is 2. The molecule has 2 heterocycles. The van der Waals surface area contributed by atoms with Crippen molar-refractivity contribution < 1.29 is 24.2 Å². The number of para-hydroxylation sites is 1. The van der Waals surface area contributed by atoms with Crippen LogP contribution in [-0.2, 0) is 16.1 Å². The number of amides is 1. The Bertz CT molecular complexity index is 1190. The van der Waals surface area contributed by atoms with Gasteiger partial charge in [0.2, 0.25) is 0 Å². The van der Waals surface area contributed by atoms with Crippen LogP contribution in [0.1, 0.15) is 23.6 Å². The highest BCUT2D eigenvalue weighted by molar-refractivity contribution is 6.46. The summed E-state index contributed by atoms with van der Waals surface area (Å²) >= 11 is 0. The van der Waals surface area contributed by atoms with Gasteiger partial charge in [-0.25, -0.2) is 4.98 Å². The molecule has 1 N–H and O–H groups in total. The van der Waals surface area contributed by atoms with Crippen LogP contribution in [-0.4, -0.2) is 52.0 Å². The number of aliphatic hydroxyl groups is 1. The second kappa shape index (κ2) is 9.60. The maximum Gasteiger partial charge on any atom is 0.295 e. The molecule has 0 aliphatic carbocycles. The van der Waals surface area contributed by atoms with Gasteiger partial charge in [-0.15, -0.1) is 0 Å². The molecule has 8 heteroatoms. The number of aliphatic hydroxyl groups excluding tert-OH is 1. The van der Waals surface area contributed by atoms with Crippen LogP contribution >= 0.6 is 0 Å². The first-order valence-electron chi connectivity index (χ1n) is 10.6. The minimum absolute atomic E-state index is 0.0281. The van der Waals surface area contributed by atoms with Crippen molar-refractivity contribution in [3.8, 4) is 11.5 Å². The van der Waals surface area contributed by atoms with E-state index >= 15 is 0 Å². The van der Waals surface area contributed by atoms with Gasteiger partial charge in [-0.2, -0.15) is 0 Å². The molecule has 3 aromatic rings. The maximum atomic E-state index is 13.2. The molecule has 0 radical (unpaired) electrons. The highest BCUT2D eigenvalue weighted by Crippen LogP contribution is 2.42. The summed E-state index contributed by atoms with van der Waals surface area (Å²) in [5, 5.41) is 11.2. The van der Waals surface area contributed by atoms with Gasteiger partial charge in [0.25, 0.3) is 11.7 Å². The number of ether oxygens (including phenoxy) is 2. The summed E-state index contributed by atoms with van der Waals surface area (Å²) in [5.41, 5.74) is 1.05. The SMILES string of the molecule is COc1cccc(/C(O)=C2\C(=O)C(=O)N(CCCn3ccnc3)[C@@H]2c2ccccc2OC)c1. The van der Waals surface area contributed by atoms with Crippen LogP contribution in [0.5, 0.6) is 11.5 Å². The Morgan fingerprint density at radius 3 is 2.61 bits per heavy atom. The van der Waals surface area contributed by atoms with Gasteiger partial charge in [0.1, 0.15) is 17.3 Å². The van der Waals surface area contributed by atoms with Crippen molar-refractivity contribution in [3.05, 3.63) is 84.0 Å². The topological polar surface area (TPSA) is 93.9 Å². The molecular weight excluding hydrogens is 422 g/mol. The lowest BCUT2D eigenvalue weighted by Crippen LogP contribution is -2.31. The van der Waals surface area contributed by atoms with E-state index < -0.39 is 17.7 Å². The van der Waals surface area contributed by atoms with E-state index in [1.807, 2.05) is 22.9 Å². The summed E-state index contributed by atoms with van der Waals surface area (Å²) < 4.78 is 12.7. The van der Waals surface area contributed by atoms with Crippen LogP contribution in [0.3, 0.4) is 0 Å². The number of hydrogen-bond acceptors (Lipinski definition) is 6. The van der Waals surface area contributed by atoms with E-state index in [9.17, 15) is 14.7 Å². The lowest BCUT2D eigenvalue weighted by Gasteiger charge is -2.26. The number of rotatable bonds is 8. The van der Waals surface area contributed by atoms with Crippen molar-refractivity contribution >= 4 is 17.4 Å². The quantitative estimate of drug-likeness (QED) is 0.323. The van der Waals surface area contributed by atoms with Gasteiger partial charge in [-0.3, -0.25) is 9.59 Å². The van der Waals surface area contributed by atoms with E-state index in [4.69, 9.17) is 9.47 Å². The van der Waals surface area contributed by atoms with Crippen molar-refractivity contribution in [3.63, 3.8) is 0 Å². The number of Topliss-reactive ketones (excluding diaryl/α,β-unsaturated/α-hetero) is 1. The third kappa shape index (κ3) is 4.32. The Morgan fingerprint density at radius 2 is 1.88 bits per heavy atom. The molecule has 1 aliphatic heterocycles. The van der Waals surface area contributed by atoms with Gasteiger partial charge in [0.05, 0.1) is 32.2 Å². The molecule has 8 nitrogen and oxygen atoms in total. The molecule has 33 heavy (non-hydrogen) atoms. The van der Waals surface area contributed by atoms with Crippen LogP contribution in [0.2, 0.25) is 0 Å². The predicted octanol–water partition coefficient (Wildman–Crippen LogP) is 3.41. The molecule has 1 fully saturated rings. The normalized spacial score (nSPS) is 17.4. The number of benzene rings is 2. The summed E-state index contributed by atoms with van der Waals surface area (Å²) in [6, 6.07) is 13.2. The van der Waals surface area contributed by atoms with Crippen LogP contribution in [0, 0.1) is 0 Å². The maximum absolute atomic E-state index is 13.2. The smallest absolute Gasteiger partial charge is 0.295 e. The van der Waals surface area contributed by atoms with Crippen LogP contribution in [0.4, 0.5) is 0 Å². The Kier molecular flexibility index (Phi) is 6.44. The van der Waals surface area contributed by atoms with Gasteiger partial charge in [0.15, 0.2) is 0 Å². The van der Waals surface area contributed by atoms with E-state index in [1.54, 1.807) is 48.9 Å². The first-order chi connectivity index (χ1) is 16.0. The van der Waals surface area contributed by atoms with Crippen LogP contribution in [0.15, 0.2) is 72.8 Å². The number of methoxy groups -OCH3 is 2.